The highest BCUT2D eigenvalue weighted by Gasteiger charge is 2.31. The fourth-order valence-electron chi connectivity index (χ4n) is 3.64. The molecule has 3 atom stereocenters. The summed E-state index contributed by atoms with van der Waals surface area (Å²) in [5.41, 5.74) is 0. The van der Waals surface area contributed by atoms with Crippen molar-refractivity contribution in [2.24, 2.45) is 5.92 Å². The number of hydrogen-bond acceptors (Lipinski definition) is 4. The molecule has 6 heteroatoms. The summed E-state index contributed by atoms with van der Waals surface area (Å²) in [7, 11) is 0. The van der Waals surface area contributed by atoms with Crippen molar-refractivity contribution in [1.82, 2.24) is 10.6 Å². The number of aliphatic hydroxyl groups excluding tert-OH is 1. The number of ether oxygens (including phenoxy) is 1. The summed E-state index contributed by atoms with van der Waals surface area (Å²) >= 11 is 0. The summed E-state index contributed by atoms with van der Waals surface area (Å²) in [6.07, 6.45) is 7.65. The molecule has 2 amide bonds. The molecule has 1 aliphatic carbocycles. The third kappa shape index (κ3) is 5.77. The van der Waals surface area contributed by atoms with Gasteiger partial charge in [-0.15, -0.1) is 0 Å². The molecule has 3 N–H and O–H groups in total. The van der Waals surface area contributed by atoms with Crippen LogP contribution in [-0.4, -0.2) is 48.3 Å². The predicted octanol–water partition coefficient (Wildman–Crippen LogP) is 1.12. The molecular weight excluding hydrogens is 296 g/mol. The maximum Gasteiger partial charge on any atom is 0.223 e. The highest BCUT2D eigenvalue weighted by atomic mass is 16.5. The van der Waals surface area contributed by atoms with Crippen LogP contribution < -0.4 is 10.6 Å². The number of rotatable bonds is 6. The summed E-state index contributed by atoms with van der Waals surface area (Å²) in [4.78, 5) is 23.3. The van der Waals surface area contributed by atoms with Crippen molar-refractivity contribution in [2.75, 3.05) is 13.2 Å². The van der Waals surface area contributed by atoms with Crippen molar-refractivity contribution >= 4 is 11.8 Å². The zero-order chi connectivity index (χ0) is 16.7. The molecule has 0 aromatic heterocycles. The van der Waals surface area contributed by atoms with E-state index in [1.54, 1.807) is 0 Å². The van der Waals surface area contributed by atoms with Gasteiger partial charge in [0.25, 0.3) is 0 Å². The van der Waals surface area contributed by atoms with Crippen LogP contribution in [0.15, 0.2) is 0 Å². The predicted molar refractivity (Wildman–Crippen MR) is 86.8 cm³/mol. The van der Waals surface area contributed by atoms with E-state index in [9.17, 15) is 14.7 Å². The number of nitrogens with one attached hydrogen (secondary N) is 2. The second-order valence-corrected chi connectivity index (χ2v) is 6.78. The third-order valence-electron chi connectivity index (χ3n) is 4.93. The molecule has 1 heterocycles. The lowest BCUT2D eigenvalue weighted by Crippen LogP contribution is -2.50. The van der Waals surface area contributed by atoms with Crippen LogP contribution in [0.4, 0.5) is 0 Å². The van der Waals surface area contributed by atoms with E-state index in [0.29, 0.717) is 6.54 Å². The Hall–Kier alpha value is -1.14. The Kier molecular flexibility index (Phi) is 7.30. The van der Waals surface area contributed by atoms with Crippen molar-refractivity contribution < 1.29 is 19.4 Å². The summed E-state index contributed by atoms with van der Waals surface area (Å²) < 4.78 is 5.86. The smallest absolute Gasteiger partial charge is 0.223 e. The molecule has 0 aromatic carbocycles. The van der Waals surface area contributed by atoms with Crippen LogP contribution in [0.2, 0.25) is 0 Å². The second kappa shape index (κ2) is 9.23. The van der Waals surface area contributed by atoms with E-state index in [1.165, 1.54) is 13.3 Å². The fraction of sp³-hybridized carbons (Fsp3) is 0.882. The van der Waals surface area contributed by atoms with Gasteiger partial charge in [0, 0.05) is 19.4 Å². The van der Waals surface area contributed by atoms with E-state index in [4.69, 9.17) is 4.74 Å². The van der Waals surface area contributed by atoms with Gasteiger partial charge in [-0.05, 0) is 32.1 Å². The van der Waals surface area contributed by atoms with Gasteiger partial charge in [-0.1, -0.05) is 19.3 Å². The Labute approximate surface area is 138 Å². The molecule has 23 heavy (non-hydrogen) atoms. The van der Waals surface area contributed by atoms with Crippen molar-refractivity contribution in [3.05, 3.63) is 0 Å². The molecule has 2 rings (SSSR count). The van der Waals surface area contributed by atoms with Gasteiger partial charge in [0.05, 0.1) is 18.8 Å². The van der Waals surface area contributed by atoms with E-state index in [2.05, 4.69) is 10.6 Å². The molecule has 1 aliphatic heterocycles. The number of carbonyl (C=O) groups is 2. The molecule has 2 fully saturated rings. The van der Waals surface area contributed by atoms with Gasteiger partial charge in [0.15, 0.2) is 0 Å². The molecule has 1 saturated carbocycles. The SMILES string of the molecule is CC(=O)N[C@H]1CC[C@H](CCNC(=O)C2CCCCC2)O[C@H]1CO. The first-order valence-electron chi connectivity index (χ1n) is 8.91. The number of hydrogen-bond donors (Lipinski definition) is 3. The molecule has 0 aromatic rings. The summed E-state index contributed by atoms with van der Waals surface area (Å²) in [6, 6.07) is -0.120. The van der Waals surface area contributed by atoms with Gasteiger partial charge in [0.1, 0.15) is 6.10 Å². The molecule has 1 saturated heterocycles. The van der Waals surface area contributed by atoms with E-state index < -0.39 is 0 Å². The maximum atomic E-state index is 12.1. The molecule has 0 bridgehead atoms. The quantitative estimate of drug-likeness (QED) is 0.682. The van der Waals surface area contributed by atoms with Crippen molar-refractivity contribution in [3.8, 4) is 0 Å². The Bertz CT molecular complexity index is 396. The fourth-order valence-corrected chi connectivity index (χ4v) is 3.64. The van der Waals surface area contributed by atoms with Crippen LogP contribution in [0.1, 0.15) is 58.3 Å². The zero-order valence-corrected chi connectivity index (χ0v) is 14.1. The second-order valence-electron chi connectivity index (χ2n) is 6.78. The highest BCUT2D eigenvalue weighted by Crippen LogP contribution is 2.24. The minimum Gasteiger partial charge on any atom is -0.394 e. The third-order valence-corrected chi connectivity index (χ3v) is 4.93. The minimum absolute atomic E-state index is 0.0313. The van der Waals surface area contributed by atoms with Gasteiger partial charge < -0.3 is 20.5 Å². The van der Waals surface area contributed by atoms with E-state index in [-0.39, 0.29) is 42.6 Å². The Morgan fingerprint density at radius 3 is 2.52 bits per heavy atom. The van der Waals surface area contributed by atoms with Crippen molar-refractivity contribution in [3.63, 3.8) is 0 Å². The zero-order valence-electron chi connectivity index (χ0n) is 14.1. The lowest BCUT2D eigenvalue weighted by molar-refractivity contribution is -0.128. The van der Waals surface area contributed by atoms with Gasteiger partial charge in [-0.2, -0.15) is 0 Å². The number of carbonyl (C=O) groups excluding carboxylic acids is 2. The standard InChI is InChI=1S/C17H30N2O4/c1-12(21)19-15-8-7-14(23-16(15)11-20)9-10-18-17(22)13-5-3-2-4-6-13/h13-16,20H,2-11H2,1H3,(H,18,22)(H,19,21)/t14-,15+,16+/m1/s1. The van der Waals surface area contributed by atoms with Crippen LogP contribution in [-0.2, 0) is 14.3 Å². The van der Waals surface area contributed by atoms with Gasteiger partial charge in [-0.3, -0.25) is 9.59 Å². The lowest BCUT2D eigenvalue weighted by Gasteiger charge is -2.36. The average molecular weight is 326 g/mol. The van der Waals surface area contributed by atoms with Gasteiger partial charge in [0.2, 0.25) is 11.8 Å². The monoisotopic (exact) mass is 326 g/mol. The Morgan fingerprint density at radius 2 is 1.87 bits per heavy atom. The molecule has 132 valence electrons. The number of amides is 2. The van der Waals surface area contributed by atoms with Crippen LogP contribution in [0.3, 0.4) is 0 Å². The van der Waals surface area contributed by atoms with Crippen molar-refractivity contribution in [2.45, 2.75) is 76.5 Å². The van der Waals surface area contributed by atoms with Crippen LogP contribution >= 0.6 is 0 Å². The van der Waals surface area contributed by atoms with Crippen molar-refractivity contribution in [1.29, 1.82) is 0 Å². The van der Waals surface area contributed by atoms with Crippen LogP contribution in [0.5, 0.6) is 0 Å². The molecule has 6 nitrogen and oxygen atoms in total. The van der Waals surface area contributed by atoms with Gasteiger partial charge >= 0.3 is 0 Å². The average Bonchev–Trinajstić information content (AvgIpc) is 2.56. The topological polar surface area (TPSA) is 87.7 Å². The normalized spacial score (nSPS) is 29.0. The first-order chi connectivity index (χ1) is 11.1. The molecule has 0 spiro atoms. The van der Waals surface area contributed by atoms with E-state index in [0.717, 1.165) is 44.9 Å². The summed E-state index contributed by atoms with van der Waals surface area (Å²) in [5.74, 6) is 0.260. The molecular formula is C17H30N2O4. The Morgan fingerprint density at radius 1 is 1.13 bits per heavy atom. The van der Waals surface area contributed by atoms with Gasteiger partial charge in [-0.25, -0.2) is 0 Å². The number of aliphatic hydroxyl groups is 1. The maximum absolute atomic E-state index is 12.1. The first-order valence-corrected chi connectivity index (χ1v) is 8.91. The van der Waals surface area contributed by atoms with Crippen LogP contribution in [0, 0.1) is 5.92 Å². The molecule has 0 unspecified atom stereocenters. The lowest BCUT2D eigenvalue weighted by atomic mass is 9.88. The summed E-state index contributed by atoms with van der Waals surface area (Å²) in [5, 5.41) is 15.3. The van der Waals surface area contributed by atoms with Crippen LogP contribution in [0.25, 0.3) is 0 Å². The summed E-state index contributed by atoms with van der Waals surface area (Å²) in [6.45, 7) is 1.99. The molecule has 0 radical (unpaired) electrons. The Balaban J connectivity index is 1.68. The minimum atomic E-state index is -0.355. The van der Waals surface area contributed by atoms with E-state index >= 15 is 0 Å². The van der Waals surface area contributed by atoms with E-state index in [1.807, 2.05) is 0 Å². The highest BCUT2D eigenvalue weighted by molar-refractivity contribution is 5.78. The first kappa shape index (κ1) is 18.2. The largest absolute Gasteiger partial charge is 0.394 e. The molecule has 2 aliphatic rings.